The molecule has 0 aromatic heterocycles. The summed E-state index contributed by atoms with van der Waals surface area (Å²) in [6.07, 6.45) is 17.2. The molecule has 0 bridgehead atoms. The van der Waals surface area contributed by atoms with Gasteiger partial charge in [-0.3, -0.25) is 0 Å². The summed E-state index contributed by atoms with van der Waals surface area (Å²) in [6, 6.07) is 8.66. The van der Waals surface area contributed by atoms with Crippen molar-refractivity contribution in [1.82, 2.24) is 0 Å². The third-order valence-electron chi connectivity index (χ3n) is 8.13. The Balaban J connectivity index is 0.000000516. The zero-order valence-electron chi connectivity index (χ0n) is 26.6. The first-order valence-corrected chi connectivity index (χ1v) is 15.2. The van der Waals surface area contributed by atoms with Crippen molar-refractivity contribution in [2.45, 2.75) is 133 Å². The van der Waals surface area contributed by atoms with E-state index in [0.29, 0.717) is 5.41 Å². The molecule has 210 valence electrons. The van der Waals surface area contributed by atoms with Crippen LogP contribution in [0.15, 0.2) is 71.9 Å². The Labute approximate surface area is 233 Å². The molecule has 1 atom stereocenters. The Morgan fingerprint density at radius 3 is 1.84 bits per heavy atom. The highest BCUT2D eigenvalue weighted by molar-refractivity contribution is 5.29. The highest BCUT2D eigenvalue weighted by atomic mass is 14.4. The zero-order chi connectivity index (χ0) is 28.4. The highest BCUT2D eigenvalue weighted by Gasteiger charge is 2.34. The van der Waals surface area contributed by atoms with E-state index in [0.717, 1.165) is 18.3 Å². The lowest BCUT2D eigenvalue weighted by Gasteiger charge is -2.40. The van der Waals surface area contributed by atoms with Gasteiger partial charge in [-0.05, 0) is 114 Å². The maximum absolute atomic E-state index is 4.22. The zero-order valence-corrected chi connectivity index (χ0v) is 26.6. The van der Waals surface area contributed by atoms with Crippen molar-refractivity contribution in [2.24, 2.45) is 17.3 Å². The van der Waals surface area contributed by atoms with Crippen molar-refractivity contribution in [1.29, 1.82) is 0 Å². The molecule has 0 radical (unpaired) electrons. The molecule has 2 aliphatic rings. The molecular weight excluding hydrogens is 444 g/mol. The third kappa shape index (κ3) is 14.1. The summed E-state index contributed by atoms with van der Waals surface area (Å²) in [4.78, 5) is 0. The average molecular weight is 507 g/mol. The van der Waals surface area contributed by atoms with Gasteiger partial charge in [0.25, 0.3) is 0 Å². The van der Waals surface area contributed by atoms with Crippen LogP contribution in [0.5, 0.6) is 0 Å². The predicted octanol–water partition coefficient (Wildman–Crippen LogP) is 12.4. The molecule has 0 spiro atoms. The van der Waals surface area contributed by atoms with Crippen molar-refractivity contribution in [3.8, 4) is 0 Å². The lowest BCUT2D eigenvalue weighted by atomic mass is 9.65. The fourth-order valence-corrected chi connectivity index (χ4v) is 4.92. The summed E-state index contributed by atoms with van der Waals surface area (Å²) in [6.45, 7) is 30.3. The Hall–Kier alpha value is -1.82. The number of rotatable bonds is 6. The molecule has 37 heavy (non-hydrogen) atoms. The molecule has 0 amide bonds. The monoisotopic (exact) mass is 506 g/mol. The molecule has 1 fully saturated rings. The second-order valence-corrected chi connectivity index (χ2v) is 11.8. The first kappa shape index (κ1) is 35.2. The first-order valence-electron chi connectivity index (χ1n) is 15.2. The van der Waals surface area contributed by atoms with E-state index in [2.05, 4.69) is 119 Å². The van der Waals surface area contributed by atoms with Crippen molar-refractivity contribution < 1.29 is 0 Å². The summed E-state index contributed by atoms with van der Waals surface area (Å²) < 4.78 is 0. The van der Waals surface area contributed by atoms with Gasteiger partial charge in [-0.1, -0.05) is 113 Å². The molecule has 0 heterocycles. The van der Waals surface area contributed by atoms with Gasteiger partial charge in [-0.15, -0.1) is 6.58 Å². The van der Waals surface area contributed by atoms with Crippen LogP contribution in [0.2, 0.25) is 0 Å². The van der Waals surface area contributed by atoms with Crippen molar-refractivity contribution >= 4 is 0 Å². The minimum atomic E-state index is 0.436. The van der Waals surface area contributed by atoms with Gasteiger partial charge in [0.1, 0.15) is 0 Å². The minimum absolute atomic E-state index is 0.436. The van der Waals surface area contributed by atoms with Crippen LogP contribution in [0.25, 0.3) is 0 Å². The Morgan fingerprint density at radius 1 is 0.892 bits per heavy atom. The molecule has 0 saturated heterocycles. The van der Waals surface area contributed by atoms with Gasteiger partial charge in [-0.2, -0.15) is 0 Å². The van der Waals surface area contributed by atoms with E-state index in [4.69, 9.17) is 0 Å². The number of benzene rings is 1. The fourth-order valence-electron chi connectivity index (χ4n) is 4.92. The standard InChI is InChI=1S/C15H26.C10H16.C9H12.C3H8/c1-12(2)6-9-15(13(3)4)10-7-14(5)8-11-15;1-4-10-7-5-6-8(2)9(10)3;1-3-9-6-4-8(2)5-7-9;1-3-2/h14H,1,3,6-11H2,2,4-5H3;5,7-8H,4,6H2,1-3H3;4-7H,3H2,1-2H3;3H2,1-2H3. The number of aryl methyl sites for hydroxylation is 2. The molecule has 0 nitrogen and oxygen atoms in total. The van der Waals surface area contributed by atoms with E-state index < -0.39 is 0 Å². The van der Waals surface area contributed by atoms with Crippen LogP contribution in [-0.2, 0) is 6.42 Å². The van der Waals surface area contributed by atoms with Gasteiger partial charge < -0.3 is 0 Å². The Morgan fingerprint density at radius 2 is 1.43 bits per heavy atom. The second kappa shape index (κ2) is 19.3. The highest BCUT2D eigenvalue weighted by Crippen LogP contribution is 2.47. The van der Waals surface area contributed by atoms with Crippen LogP contribution >= 0.6 is 0 Å². The summed E-state index contributed by atoms with van der Waals surface area (Å²) in [5.41, 5.74) is 9.03. The van der Waals surface area contributed by atoms with E-state index >= 15 is 0 Å². The van der Waals surface area contributed by atoms with Gasteiger partial charge in [0.2, 0.25) is 0 Å². The average Bonchev–Trinajstić information content (AvgIpc) is 2.87. The smallest absolute Gasteiger partial charge is 0.00903 e. The number of allylic oxidation sites excluding steroid dienone is 6. The van der Waals surface area contributed by atoms with Crippen LogP contribution in [0.1, 0.15) is 131 Å². The summed E-state index contributed by atoms with van der Waals surface area (Å²) in [5.74, 6) is 1.70. The minimum Gasteiger partial charge on any atom is -0.100 e. The number of hydrogen-bond donors (Lipinski definition) is 0. The largest absolute Gasteiger partial charge is 0.100 e. The van der Waals surface area contributed by atoms with Gasteiger partial charge in [-0.25, -0.2) is 0 Å². The van der Waals surface area contributed by atoms with Crippen LogP contribution in [0.3, 0.4) is 0 Å². The summed E-state index contributed by atoms with van der Waals surface area (Å²) in [5, 5.41) is 0. The molecule has 0 aliphatic heterocycles. The molecule has 1 aromatic rings. The lowest BCUT2D eigenvalue weighted by Crippen LogP contribution is -2.27. The normalized spacial score (nSPS) is 22.4. The van der Waals surface area contributed by atoms with E-state index in [-0.39, 0.29) is 0 Å². The van der Waals surface area contributed by atoms with E-state index in [1.807, 2.05) is 0 Å². The lowest BCUT2D eigenvalue weighted by molar-refractivity contribution is 0.185. The molecule has 3 rings (SSSR count). The van der Waals surface area contributed by atoms with E-state index in [1.54, 1.807) is 11.1 Å². The quantitative estimate of drug-likeness (QED) is 0.336. The maximum atomic E-state index is 4.22. The van der Waals surface area contributed by atoms with Crippen LogP contribution in [0, 0.1) is 24.2 Å². The van der Waals surface area contributed by atoms with Crippen molar-refractivity contribution in [2.75, 3.05) is 0 Å². The molecular formula is C37H62. The SMILES string of the molecule is C=C(C)CCC1(C(=C)C)CCC(C)CC1.CCC.CCC1=C(C)C(C)CC=C1.CCc1ccc(C)cc1. The first-order chi connectivity index (χ1) is 17.5. The second-order valence-electron chi connectivity index (χ2n) is 11.8. The van der Waals surface area contributed by atoms with Gasteiger partial charge in [0.15, 0.2) is 0 Å². The summed E-state index contributed by atoms with van der Waals surface area (Å²) >= 11 is 0. The predicted molar refractivity (Wildman–Crippen MR) is 171 cm³/mol. The van der Waals surface area contributed by atoms with E-state index in [9.17, 15) is 0 Å². The molecule has 1 unspecified atom stereocenters. The van der Waals surface area contributed by atoms with Crippen LogP contribution in [0.4, 0.5) is 0 Å². The molecule has 2 aliphatic carbocycles. The maximum Gasteiger partial charge on any atom is -0.00903 e. The van der Waals surface area contributed by atoms with Gasteiger partial charge >= 0.3 is 0 Å². The van der Waals surface area contributed by atoms with Gasteiger partial charge in [0.05, 0.1) is 0 Å². The third-order valence-corrected chi connectivity index (χ3v) is 8.13. The molecule has 0 N–H and O–H groups in total. The fraction of sp³-hybridized carbons (Fsp3) is 0.622. The topological polar surface area (TPSA) is 0 Å². The van der Waals surface area contributed by atoms with Crippen molar-refractivity contribution in [3.63, 3.8) is 0 Å². The Kier molecular flexibility index (Phi) is 18.3. The molecule has 1 saturated carbocycles. The van der Waals surface area contributed by atoms with E-state index in [1.165, 1.54) is 80.1 Å². The van der Waals surface area contributed by atoms with Crippen LogP contribution < -0.4 is 0 Å². The van der Waals surface area contributed by atoms with Gasteiger partial charge in [0, 0.05) is 0 Å². The Bertz CT molecular complexity index is 821. The molecule has 0 heteroatoms. The number of hydrogen-bond acceptors (Lipinski definition) is 0. The van der Waals surface area contributed by atoms with Crippen LogP contribution in [-0.4, -0.2) is 0 Å². The van der Waals surface area contributed by atoms with Crippen molar-refractivity contribution in [3.05, 3.63) is 83.0 Å². The molecule has 1 aromatic carbocycles. The summed E-state index contributed by atoms with van der Waals surface area (Å²) in [7, 11) is 0.